The lowest BCUT2D eigenvalue weighted by Gasteiger charge is -2.26. The third kappa shape index (κ3) is 2.88. The number of carbonyl (C=O) groups excluding carboxylic acids is 1. The van der Waals surface area contributed by atoms with Gasteiger partial charge in [-0.25, -0.2) is 0 Å². The first-order valence-corrected chi connectivity index (χ1v) is 7.12. The van der Waals surface area contributed by atoms with E-state index >= 15 is 0 Å². The van der Waals surface area contributed by atoms with Crippen molar-refractivity contribution in [3.8, 4) is 11.5 Å². The first-order valence-electron chi connectivity index (χ1n) is 7.12. The Kier molecular flexibility index (Phi) is 4.49. The van der Waals surface area contributed by atoms with Gasteiger partial charge in [0.25, 0.3) is 5.91 Å². The van der Waals surface area contributed by atoms with Gasteiger partial charge < -0.3 is 15.1 Å². The fraction of sp³-hybridized carbons (Fsp3) is 0.533. The summed E-state index contributed by atoms with van der Waals surface area (Å²) < 4.78 is 0. The molecule has 1 amide bonds. The number of likely N-dealkylation sites (N-methyl/N-ethyl adjacent to an activating group) is 1. The zero-order valence-corrected chi connectivity index (χ0v) is 12.0. The number of nitrogens with zero attached hydrogens (tertiary/aromatic N) is 2. The third-order valence-corrected chi connectivity index (χ3v) is 3.99. The van der Waals surface area contributed by atoms with E-state index in [1.807, 2.05) is 0 Å². The molecule has 2 N–H and O–H groups in total. The Morgan fingerprint density at radius 2 is 2.05 bits per heavy atom. The SMILES string of the molecule is CCN(CC)[C@@H]1CCN(C(=O)c2ccc(O)cc2O)C1. The number of rotatable bonds is 4. The number of hydrogen-bond donors (Lipinski definition) is 2. The van der Waals surface area contributed by atoms with Gasteiger partial charge in [0.1, 0.15) is 11.5 Å². The van der Waals surface area contributed by atoms with Crippen molar-refractivity contribution in [1.29, 1.82) is 0 Å². The van der Waals surface area contributed by atoms with Crippen molar-refractivity contribution in [3.63, 3.8) is 0 Å². The van der Waals surface area contributed by atoms with E-state index in [0.29, 0.717) is 19.1 Å². The summed E-state index contributed by atoms with van der Waals surface area (Å²) in [7, 11) is 0. The molecule has 0 aromatic heterocycles. The second kappa shape index (κ2) is 6.13. The van der Waals surface area contributed by atoms with Gasteiger partial charge in [0, 0.05) is 25.2 Å². The Hall–Kier alpha value is -1.75. The quantitative estimate of drug-likeness (QED) is 0.879. The Morgan fingerprint density at radius 3 is 2.65 bits per heavy atom. The van der Waals surface area contributed by atoms with Gasteiger partial charge in [0.15, 0.2) is 0 Å². The molecule has 2 rings (SSSR count). The van der Waals surface area contributed by atoms with E-state index in [-0.39, 0.29) is 23.0 Å². The van der Waals surface area contributed by atoms with Crippen LogP contribution in [0.25, 0.3) is 0 Å². The molecule has 1 atom stereocenters. The molecule has 20 heavy (non-hydrogen) atoms. The molecule has 5 nitrogen and oxygen atoms in total. The van der Waals surface area contributed by atoms with Gasteiger partial charge in [-0.15, -0.1) is 0 Å². The number of carbonyl (C=O) groups is 1. The number of hydrogen-bond acceptors (Lipinski definition) is 4. The second-order valence-electron chi connectivity index (χ2n) is 5.12. The summed E-state index contributed by atoms with van der Waals surface area (Å²) in [6.07, 6.45) is 0.965. The number of phenols is 2. The standard InChI is InChI=1S/C15H22N2O3/c1-3-16(4-2)11-7-8-17(10-11)15(20)13-6-5-12(18)9-14(13)19/h5-6,9,11,18-19H,3-4,7-8,10H2,1-2H3/t11-/m1/s1. The van der Waals surface area contributed by atoms with E-state index in [1.165, 1.54) is 18.2 Å². The number of aromatic hydroxyl groups is 2. The van der Waals surface area contributed by atoms with Crippen LogP contribution in [0, 0.1) is 0 Å². The maximum absolute atomic E-state index is 12.4. The van der Waals surface area contributed by atoms with Crippen LogP contribution in [0.4, 0.5) is 0 Å². The molecule has 1 fully saturated rings. The highest BCUT2D eigenvalue weighted by Gasteiger charge is 2.30. The van der Waals surface area contributed by atoms with Gasteiger partial charge in [0.05, 0.1) is 5.56 Å². The topological polar surface area (TPSA) is 64.0 Å². The minimum absolute atomic E-state index is 0.0403. The highest BCUT2D eigenvalue weighted by atomic mass is 16.3. The second-order valence-corrected chi connectivity index (χ2v) is 5.12. The van der Waals surface area contributed by atoms with Crippen molar-refractivity contribution < 1.29 is 15.0 Å². The summed E-state index contributed by atoms with van der Waals surface area (Å²) in [5.74, 6) is -0.375. The minimum Gasteiger partial charge on any atom is -0.508 e. The number of likely N-dealkylation sites (tertiary alicyclic amines) is 1. The molecule has 0 radical (unpaired) electrons. The van der Waals surface area contributed by atoms with E-state index in [1.54, 1.807) is 4.90 Å². The minimum atomic E-state index is -0.169. The molecular weight excluding hydrogens is 256 g/mol. The molecule has 0 saturated carbocycles. The molecule has 0 spiro atoms. The van der Waals surface area contributed by atoms with Crippen molar-refractivity contribution in [2.75, 3.05) is 26.2 Å². The smallest absolute Gasteiger partial charge is 0.257 e. The van der Waals surface area contributed by atoms with E-state index < -0.39 is 0 Å². The van der Waals surface area contributed by atoms with Crippen LogP contribution in [-0.4, -0.2) is 58.1 Å². The zero-order valence-electron chi connectivity index (χ0n) is 12.0. The van der Waals surface area contributed by atoms with Crippen LogP contribution in [0.3, 0.4) is 0 Å². The van der Waals surface area contributed by atoms with Crippen LogP contribution in [-0.2, 0) is 0 Å². The monoisotopic (exact) mass is 278 g/mol. The molecule has 1 saturated heterocycles. The molecule has 1 aromatic rings. The van der Waals surface area contributed by atoms with Crippen molar-refractivity contribution in [3.05, 3.63) is 23.8 Å². The van der Waals surface area contributed by atoms with Gasteiger partial charge in [-0.05, 0) is 31.6 Å². The summed E-state index contributed by atoms with van der Waals surface area (Å²) in [6.45, 7) is 7.61. The average molecular weight is 278 g/mol. The normalized spacial score (nSPS) is 18.8. The summed E-state index contributed by atoms with van der Waals surface area (Å²) in [4.78, 5) is 16.5. The maximum atomic E-state index is 12.4. The lowest BCUT2D eigenvalue weighted by molar-refractivity contribution is 0.0775. The van der Waals surface area contributed by atoms with Gasteiger partial charge in [0.2, 0.25) is 0 Å². The zero-order chi connectivity index (χ0) is 14.7. The van der Waals surface area contributed by atoms with Crippen molar-refractivity contribution >= 4 is 5.91 Å². The fourth-order valence-electron chi connectivity index (χ4n) is 2.84. The Balaban J connectivity index is 2.08. The highest BCUT2D eigenvalue weighted by Crippen LogP contribution is 2.26. The van der Waals surface area contributed by atoms with Crippen molar-refractivity contribution in [2.24, 2.45) is 0 Å². The largest absolute Gasteiger partial charge is 0.508 e. The van der Waals surface area contributed by atoms with Gasteiger partial charge in [-0.2, -0.15) is 0 Å². The molecule has 110 valence electrons. The van der Waals surface area contributed by atoms with Crippen molar-refractivity contribution in [2.45, 2.75) is 26.3 Å². The lowest BCUT2D eigenvalue weighted by atomic mass is 10.1. The lowest BCUT2D eigenvalue weighted by Crippen LogP contribution is -2.38. The highest BCUT2D eigenvalue weighted by molar-refractivity contribution is 5.97. The van der Waals surface area contributed by atoms with Crippen LogP contribution in [0.5, 0.6) is 11.5 Å². The van der Waals surface area contributed by atoms with Crippen LogP contribution in [0.1, 0.15) is 30.6 Å². The first kappa shape index (κ1) is 14.7. The summed E-state index contributed by atoms with van der Waals surface area (Å²) in [6, 6.07) is 4.49. The molecule has 0 unspecified atom stereocenters. The molecule has 1 aliphatic heterocycles. The summed E-state index contributed by atoms with van der Waals surface area (Å²) in [5.41, 5.74) is 0.253. The predicted octanol–water partition coefficient (Wildman–Crippen LogP) is 1.65. The third-order valence-electron chi connectivity index (χ3n) is 3.99. The van der Waals surface area contributed by atoms with Crippen LogP contribution >= 0.6 is 0 Å². The molecule has 0 aliphatic carbocycles. The van der Waals surface area contributed by atoms with Crippen LogP contribution < -0.4 is 0 Å². The fourth-order valence-corrected chi connectivity index (χ4v) is 2.84. The molecule has 1 heterocycles. The Morgan fingerprint density at radius 1 is 1.35 bits per heavy atom. The first-order chi connectivity index (χ1) is 9.56. The maximum Gasteiger partial charge on any atom is 0.257 e. The predicted molar refractivity (Wildman–Crippen MR) is 77.0 cm³/mol. The van der Waals surface area contributed by atoms with E-state index in [9.17, 15) is 15.0 Å². The van der Waals surface area contributed by atoms with Gasteiger partial charge in [-0.1, -0.05) is 13.8 Å². The summed E-state index contributed by atoms with van der Waals surface area (Å²) in [5, 5.41) is 19.0. The Bertz CT molecular complexity index is 486. The number of phenolic OH excluding ortho intramolecular Hbond substituents is 2. The molecule has 0 bridgehead atoms. The molecule has 1 aromatic carbocycles. The van der Waals surface area contributed by atoms with E-state index in [2.05, 4.69) is 18.7 Å². The molecule has 1 aliphatic rings. The van der Waals surface area contributed by atoms with E-state index in [4.69, 9.17) is 0 Å². The van der Waals surface area contributed by atoms with Gasteiger partial charge in [-0.3, -0.25) is 9.69 Å². The van der Waals surface area contributed by atoms with Crippen LogP contribution in [0.15, 0.2) is 18.2 Å². The van der Waals surface area contributed by atoms with Crippen LogP contribution in [0.2, 0.25) is 0 Å². The summed E-state index contributed by atoms with van der Waals surface area (Å²) >= 11 is 0. The molecule has 5 heteroatoms. The van der Waals surface area contributed by atoms with Crippen molar-refractivity contribution in [1.82, 2.24) is 9.80 Å². The number of amides is 1. The van der Waals surface area contributed by atoms with Gasteiger partial charge >= 0.3 is 0 Å². The average Bonchev–Trinajstić information content (AvgIpc) is 2.89. The van der Waals surface area contributed by atoms with E-state index in [0.717, 1.165) is 19.5 Å². The Labute approximate surface area is 119 Å². The number of benzene rings is 1. The molecular formula is C15H22N2O3.